The van der Waals surface area contributed by atoms with E-state index in [0.717, 1.165) is 55.1 Å². The van der Waals surface area contributed by atoms with Crippen molar-refractivity contribution < 1.29 is 4.42 Å². The molecule has 4 heteroatoms. The van der Waals surface area contributed by atoms with Crippen LogP contribution in [0.5, 0.6) is 0 Å². The largest absolute Gasteiger partial charge is 0.456 e. The Kier molecular flexibility index (Phi) is 6.15. The topological polar surface area (TPSA) is 51.8 Å². The van der Waals surface area contributed by atoms with Crippen LogP contribution in [0.1, 0.15) is 0 Å². The third-order valence-electron chi connectivity index (χ3n) is 9.54. The molecule has 4 nitrogen and oxygen atoms in total. The summed E-state index contributed by atoms with van der Waals surface area (Å²) in [7, 11) is 0. The van der Waals surface area contributed by atoms with Crippen LogP contribution in [-0.2, 0) is 0 Å². The molecule has 0 radical (unpaired) electrons. The Morgan fingerprint density at radius 1 is 0.327 bits per heavy atom. The van der Waals surface area contributed by atoms with Gasteiger partial charge in [0.05, 0.1) is 0 Å². The standard InChI is InChI=1S/C45H27N3O/c1-2-14-29(15-3-1)43-46-44(36-20-9-8-19-33(36)35-22-12-24-41-42(35)37-21-10-11-23-40(37)49-41)48-45(47-43)39-27-38-30-16-5-4-13-28(30)25-26-34(38)31-17-6-7-18-32(31)39/h1-27H. The van der Waals surface area contributed by atoms with E-state index < -0.39 is 0 Å². The van der Waals surface area contributed by atoms with Gasteiger partial charge in [0.2, 0.25) is 0 Å². The molecular formula is C45H27N3O. The van der Waals surface area contributed by atoms with Crippen LogP contribution >= 0.6 is 0 Å². The van der Waals surface area contributed by atoms with E-state index in [-0.39, 0.29) is 0 Å². The van der Waals surface area contributed by atoms with E-state index in [9.17, 15) is 0 Å². The monoisotopic (exact) mass is 625 g/mol. The van der Waals surface area contributed by atoms with Gasteiger partial charge in [0.25, 0.3) is 0 Å². The molecule has 0 atom stereocenters. The molecule has 2 aromatic heterocycles. The molecule has 10 rings (SSSR count). The maximum atomic E-state index is 6.28. The first-order valence-corrected chi connectivity index (χ1v) is 16.5. The molecule has 0 aliphatic heterocycles. The number of nitrogens with zero attached hydrogens (tertiary/aromatic N) is 3. The minimum absolute atomic E-state index is 0.617. The lowest BCUT2D eigenvalue weighted by molar-refractivity contribution is 0.669. The maximum absolute atomic E-state index is 6.28. The Morgan fingerprint density at radius 2 is 0.918 bits per heavy atom. The molecule has 228 valence electrons. The highest BCUT2D eigenvalue weighted by Crippen LogP contribution is 2.41. The second-order valence-electron chi connectivity index (χ2n) is 12.3. The second-order valence-corrected chi connectivity index (χ2v) is 12.3. The highest BCUT2D eigenvalue weighted by Gasteiger charge is 2.20. The summed E-state index contributed by atoms with van der Waals surface area (Å²) in [6.07, 6.45) is 0. The Balaban J connectivity index is 1.27. The van der Waals surface area contributed by atoms with E-state index >= 15 is 0 Å². The van der Waals surface area contributed by atoms with E-state index in [1.54, 1.807) is 0 Å². The minimum Gasteiger partial charge on any atom is -0.456 e. The van der Waals surface area contributed by atoms with E-state index in [0.29, 0.717) is 17.5 Å². The van der Waals surface area contributed by atoms with Crippen molar-refractivity contribution in [2.75, 3.05) is 0 Å². The molecular weight excluding hydrogens is 599 g/mol. The van der Waals surface area contributed by atoms with Crippen molar-refractivity contribution >= 4 is 54.3 Å². The second kappa shape index (κ2) is 11.0. The summed E-state index contributed by atoms with van der Waals surface area (Å²) < 4.78 is 6.28. The van der Waals surface area contributed by atoms with Gasteiger partial charge in [-0.1, -0.05) is 146 Å². The molecule has 0 aliphatic carbocycles. The van der Waals surface area contributed by atoms with Crippen molar-refractivity contribution in [1.82, 2.24) is 15.0 Å². The fraction of sp³-hybridized carbons (Fsp3) is 0. The summed E-state index contributed by atoms with van der Waals surface area (Å²) in [5.74, 6) is 1.88. The molecule has 0 aliphatic rings. The van der Waals surface area contributed by atoms with Crippen molar-refractivity contribution in [3.63, 3.8) is 0 Å². The smallest absolute Gasteiger partial charge is 0.164 e. The number of benzene rings is 8. The minimum atomic E-state index is 0.617. The molecule has 0 spiro atoms. The summed E-state index contributed by atoms with van der Waals surface area (Å²) in [5, 5.41) is 9.22. The lowest BCUT2D eigenvalue weighted by atomic mass is 9.93. The molecule has 10 aromatic rings. The molecule has 0 saturated heterocycles. The Labute approximate surface area is 282 Å². The normalized spacial score (nSPS) is 11.7. The van der Waals surface area contributed by atoms with E-state index in [1.165, 1.54) is 26.9 Å². The van der Waals surface area contributed by atoms with Crippen LogP contribution in [0.15, 0.2) is 168 Å². The van der Waals surface area contributed by atoms with Crippen LogP contribution in [0.25, 0.3) is 99.5 Å². The number of furan rings is 1. The molecule has 0 unspecified atom stereocenters. The lowest BCUT2D eigenvalue weighted by Gasteiger charge is -2.15. The molecule has 0 saturated carbocycles. The van der Waals surface area contributed by atoms with Crippen molar-refractivity contribution in [3.05, 3.63) is 164 Å². The van der Waals surface area contributed by atoms with Gasteiger partial charge in [-0.25, -0.2) is 15.0 Å². The molecule has 0 amide bonds. The fourth-order valence-corrected chi connectivity index (χ4v) is 7.29. The summed E-state index contributed by atoms with van der Waals surface area (Å²) in [4.78, 5) is 15.7. The van der Waals surface area contributed by atoms with Crippen molar-refractivity contribution in [1.29, 1.82) is 0 Å². The van der Waals surface area contributed by atoms with Gasteiger partial charge < -0.3 is 4.42 Å². The third-order valence-corrected chi connectivity index (χ3v) is 9.54. The molecule has 8 aromatic carbocycles. The molecule has 2 heterocycles. The van der Waals surface area contributed by atoms with Gasteiger partial charge in [-0.2, -0.15) is 0 Å². The number of rotatable bonds is 4. The van der Waals surface area contributed by atoms with Gasteiger partial charge in [-0.3, -0.25) is 0 Å². The Hall–Kier alpha value is -6.65. The number of para-hydroxylation sites is 1. The molecule has 0 N–H and O–H groups in total. The molecule has 49 heavy (non-hydrogen) atoms. The summed E-state index contributed by atoms with van der Waals surface area (Å²) in [6.45, 7) is 0. The quantitative estimate of drug-likeness (QED) is 0.183. The molecule has 0 bridgehead atoms. The van der Waals surface area contributed by atoms with Crippen molar-refractivity contribution in [2.24, 2.45) is 0 Å². The Morgan fingerprint density at radius 3 is 1.78 bits per heavy atom. The zero-order valence-corrected chi connectivity index (χ0v) is 26.3. The zero-order valence-electron chi connectivity index (χ0n) is 26.3. The van der Waals surface area contributed by atoms with E-state index in [2.05, 4.69) is 127 Å². The van der Waals surface area contributed by atoms with Gasteiger partial charge in [0, 0.05) is 27.5 Å². The van der Waals surface area contributed by atoms with Crippen LogP contribution in [0.2, 0.25) is 0 Å². The highest BCUT2D eigenvalue weighted by atomic mass is 16.3. The lowest BCUT2D eigenvalue weighted by Crippen LogP contribution is -2.01. The average molecular weight is 626 g/mol. The summed E-state index contributed by atoms with van der Waals surface area (Å²) >= 11 is 0. The van der Waals surface area contributed by atoms with Crippen molar-refractivity contribution in [3.8, 4) is 45.3 Å². The van der Waals surface area contributed by atoms with Crippen LogP contribution in [0, 0.1) is 0 Å². The van der Waals surface area contributed by atoms with Crippen LogP contribution in [-0.4, -0.2) is 15.0 Å². The van der Waals surface area contributed by atoms with E-state index in [4.69, 9.17) is 19.4 Å². The fourth-order valence-electron chi connectivity index (χ4n) is 7.29. The Bertz CT molecular complexity index is 2890. The highest BCUT2D eigenvalue weighted by molar-refractivity contribution is 6.20. The first-order chi connectivity index (χ1) is 24.3. The molecule has 0 fully saturated rings. The summed E-state index contributed by atoms with van der Waals surface area (Å²) in [5.41, 5.74) is 6.66. The predicted octanol–water partition coefficient (Wildman–Crippen LogP) is 11.9. The number of fused-ring (bicyclic) bond motifs is 8. The SMILES string of the molecule is c1ccc(-c2nc(-c3ccccc3-c3cccc4oc5ccccc5c34)nc(-c3cc4c5ccccc5ccc4c4ccccc34)n2)cc1. The van der Waals surface area contributed by atoms with Gasteiger partial charge in [-0.15, -0.1) is 0 Å². The first-order valence-electron chi connectivity index (χ1n) is 16.5. The maximum Gasteiger partial charge on any atom is 0.164 e. The number of hydrogen-bond donors (Lipinski definition) is 0. The van der Waals surface area contributed by atoms with E-state index in [1.807, 2.05) is 36.4 Å². The van der Waals surface area contributed by atoms with Gasteiger partial charge in [-0.05, 0) is 61.6 Å². The predicted molar refractivity (Wildman–Crippen MR) is 201 cm³/mol. The zero-order chi connectivity index (χ0) is 32.3. The van der Waals surface area contributed by atoms with Crippen LogP contribution < -0.4 is 0 Å². The van der Waals surface area contributed by atoms with Gasteiger partial charge in [0.1, 0.15) is 11.2 Å². The average Bonchev–Trinajstić information content (AvgIpc) is 3.57. The van der Waals surface area contributed by atoms with Crippen molar-refractivity contribution in [2.45, 2.75) is 0 Å². The van der Waals surface area contributed by atoms with Gasteiger partial charge in [0.15, 0.2) is 17.5 Å². The first kappa shape index (κ1) is 27.5. The number of aromatic nitrogens is 3. The van der Waals surface area contributed by atoms with Gasteiger partial charge >= 0.3 is 0 Å². The summed E-state index contributed by atoms with van der Waals surface area (Å²) in [6, 6.07) is 56.8. The van der Waals surface area contributed by atoms with Crippen LogP contribution in [0.4, 0.5) is 0 Å². The number of hydrogen-bond acceptors (Lipinski definition) is 4. The third kappa shape index (κ3) is 4.42. The van der Waals surface area contributed by atoms with Crippen LogP contribution in [0.3, 0.4) is 0 Å².